The maximum Gasteiger partial charge on any atom is 0.252 e. The van der Waals surface area contributed by atoms with Crippen LogP contribution in [0.1, 0.15) is 6.42 Å². The third-order valence-corrected chi connectivity index (χ3v) is 4.36. The molecule has 1 atom stereocenters. The summed E-state index contributed by atoms with van der Waals surface area (Å²) in [5.74, 6) is 1.22. The van der Waals surface area contributed by atoms with Crippen LogP contribution in [0.3, 0.4) is 0 Å². The first-order chi connectivity index (χ1) is 4.97. The molecule has 0 aromatic carbocycles. The maximum absolute atomic E-state index is 5.20. The van der Waals surface area contributed by atoms with Crippen LogP contribution < -0.4 is 0 Å². The van der Waals surface area contributed by atoms with E-state index >= 15 is 0 Å². The predicted octanol–water partition coefficient (Wildman–Crippen LogP) is 1.98. The highest BCUT2D eigenvalue weighted by molar-refractivity contribution is 8.77. The van der Waals surface area contributed by atoms with Gasteiger partial charge in [-0.05, 0) is 6.42 Å². The van der Waals surface area contributed by atoms with Crippen molar-refractivity contribution in [3.8, 4) is 0 Å². The van der Waals surface area contributed by atoms with E-state index in [2.05, 4.69) is 0 Å². The number of hydrogen-bond acceptors (Lipinski definition) is 4. The van der Waals surface area contributed by atoms with Crippen LogP contribution in [0.5, 0.6) is 0 Å². The minimum atomic E-state index is -0.0139. The molecule has 2 aliphatic heterocycles. The van der Waals surface area contributed by atoms with Crippen molar-refractivity contribution in [2.24, 2.45) is 0 Å². The van der Waals surface area contributed by atoms with Crippen LogP contribution in [0.4, 0.5) is 0 Å². The van der Waals surface area contributed by atoms with E-state index < -0.39 is 0 Å². The maximum atomic E-state index is 5.20. The van der Waals surface area contributed by atoms with Gasteiger partial charge in [0.2, 0.25) is 0 Å². The number of hydrogen-bond donors (Lipinski definition) is 0. The molecule has 0 saturated carbocycles. The summed E-state index contributed by atoms with van der Waals surface area (Å²) < 4.78 is 10.4. The Kier molecular flexibility index (Phi) is 2.00. The van der Waals surface area contributed by atoms with Gasteiger partial charge in [-0.3, -0.25) is 0 Å². The summed E-state index contributed by atoms with van der Waals surface area (Å²) in [5.41, 5.74) is 0. The van der Waals surface area contributed by atoms with Crippen LogP contribution >= 0.6 is 21.6 Å². The van der Waals surface area contributed by atoms with Crippen molar-refractivity contribution < 1.29 is 9.47 Å². The first-order valence-corrected chi connectivity index (χ1v) is 5.59. The molecule has 2 nitrogen and oxygen atoms in total. The van der Waals surface area contributed by atoms with Crippen LogP contribution in [-0.2, 0) is 9.47 Å². The van der Waals surface area contributed by atoms with Gasteiger partial charge in [-0.1, -0.05) is 21.6 Å². The van der Waals surface area contributed by atoms with Crippen LogP contribution in [-0.4, -0.2) is 17.3 Å². The molecule has 1 fully saturated rings. The third kappa shape index (κ3) is 1.22. The monoisotopic (exact) mass is 176 g/mol. The highest BCUT2D eigenvalue weighted by atomic mass is 33.1. The third-order valence-electron chi connectivity index (χ3n) is 1.46. The minimum absolute atomic E-state index is 0.0139. The van der Waals surface area contributed by atoms with Gasteiger partial charge in [0.1, 0.15) is 12.5 Å². The Labute approximate surface area is 67.7 Å². The van der Waals surface area contributed by atoms with Crippen molar-refractivity contribution >= 4 is 21.6 Å². The summed E-state index contributed by atoms with van der Waals surface area (Å²) in [5, 5.41) is 0.528. The molecular weight excluding hydrogens is 168 g/mol. The first kappa shape index (κ1) is 6.73. The van der Waals surface area contributed by atoms with E-state index in [9.17, 15) is 0 Å². The fraction of sp³-hybridized carbons (Fsp3) is 0.667. The van der Waals surface area contributed by atoms with Crippen molar-refractivity contribution in [3.63, 3.8) is 0 Å². The second-order valence-corrected chi connectivity index (χ2v) is 4.88. The first-order valence-electron chi connectivity index (χ1n) is 3.21. The Hall–Kier alpha value is 0.0400. The highest BCUT2D eigenvalue weighted by Crippen LogP contribution is 2.41. The Morgan fingerprint density at radius 3 is 2.70 bits per heavy atom. The standard InChI is InChI=1S/C6H8O2S2/c1-4-9-10-5(1)6-7-2-3-8-6/h2-3,5-6H,1,4H2. The van der Waals surface area contributed by atoms with E-state index in [0.717, 1.165) is 0 Å². The lowest BCUT2D eigenvalue weighted by Gasteiger charge is -2.14. The molecule has 0 amide bonds. The molecular formula is C6H8O2S2. The fourth-order valence-corrected chi connectivity index (χ4v) is 3.82. The fourth-order valence-electron chi connectivity index (χ4n) is 0.956. The summed E-state index contributed by atoms with van der Waals surface area (Å²) in [4.78, 5) is 0. The number of rotatable bonds is 1. The van der Waals surface area contributed by atoms with Gasteiger partial charge < -0.3 is 9.47 Å². The van der Waals surface area contributed by atoms with Gasteiger partial charge in [0.05, 0.1) is 5.25 Å². The summed E-state index contributed by atoms with van der Waals surface area (Å²) in [7, 11) is 3.76. The van der Waals surface area contributed by atoms with E-state index in [1.54, 1.807) is 12.5 Å². The van der Waals surface area contributed by atoms with E-state index in [1.165, 1.54) is 12.2 Å². The normalized spacial score (nSPS) is 32.2. The second-order valence-electron chi connectivity index (χ2n) is 2.16. The molecule has 2 aliphatic rings. The second kappa shape index (κ2) is 2.96. The lowest BCUT2D eigenvalue weighted by Crippen LogP contribution is -2.21. The summed E-state index contributed by atoms with van der Waals surface area (Å²) in [6.45, 7) is 0. The molecule has 0 bridgehead atoms. The van der Waals surface area contributed by atoms with Gasteiger partial charge in [0.25, 0.3) is 6.29 Å². The van der Waals surface area contributed by atoms with Crippen LogP contribution in [0.15, 0.2) is 12.5 Å². The van der Waals surface area contributed by atoms with Crippen LogP contribution in [0.2, 0.25) is 0 Å². The van der Waals surface area contributed by atoms with Gasteiger partial charge in [-0.2, -0.15) is 0 Å². The number of ether oxygens (including phenoxy) is 2. The molecule has 2 rings (SSSR count). The van der Waals surface area contributed by atoms with E-state index in [1.807, 2.05) is 21.6 Å². The smallest absolute Gasteiger partial charge is 0.252 e. The Balaban J connectivity index is 1.87. The van der Waals surface area contributed by atoms with Crippen molar-refractivity contribution in [1.82, 2.24) is 0 Å². The van der Waals surface area contributed by atoms with Gasteiger partial charge in [0, 0.05) is 5.75 Å². The average molecular weight is 176 g/mol. The van der Waals surface area contributed by atoms with Crippen molar-refractivity contribution in [2.75, 3.05) is 5.75 Å². The largest absolute Gasteiger partial charge is 0.458 e. The van der Waals surface area contributed by atoms with Crippen molar-refractivity contribution in [3.05, 3.63) is 12.5 Å². The predicted molar refractivity (Wildman–Crippen MR) is 43.6 cm³/mol. The molecule has 1 unspecified atom stereocenters. The molecule has 56 valence electrons. The Bertz CT molecular complexity index is 135. The molecule has 0 spiro atoms. The van der Waals surface area contributed by atoms with E-state index in [0.29, 0.717) is 5.25 Å². The molecule has 1 saturated heterocycles. The van der Waals surface area contributed by atoms with Crippen molar-refractivity contribution in [2.45, 2.75) is 18.0 Å². The molecule has 10 heavy (non-hydrogen) atoms. The van der Waals surface area contributed by atoms with E-state index in [4.69, 9.17) is 9.47 Å². The molecule has 2 heterocycles. The van der Waals surface area contributed by atoms with Crippen LogP contribution in [0, 0.1) is 0 Å². The molecule has 0 aliphatic carbocycles. The average Bonchev–Trinajstić information content (AvgIpc) is 2.59. The summed E-state index contributed by atoms with van der Waals surface area (Å²) >= 11 is 0. The Morgan fingerprint density at radius 2 is 2.10 bits per heavy atom. The summed E-state index contributed by atoms with van der Waals surface area (Å²) in [6, 6.07) is 0. The SMILES string of the molecule is C1=COC(C2CCSS2)O1. The topological polar surface area (TPSA) is 18.5 Å². The van der Waals surface area contributed by atoms with Gasteiger partial charge in [-0.25, -0.2) is 0 Å². The highest BCUT2D eigenvalue weighted by Gasteiger charge is 2.29. The molecule has 4 heteroatoms. The van der Waals surface area contributed by atoms with Crippen LogP contribution in [0.25, 0.3) is 0 Å². The zero-order valence-corrected chi connectivity index (χ0v) is 6.99. The molecule has 0 N–H and O–H groups in total. The minimum Gasteiger partial charge on any atom is -0.458 e. The van der Waals surface area contributed by atoms with Gasteiger partial charge >= 0.3 is 0 Å². The lowest BCUT2D eigenvalue weighted by molar-refractivity contribution is -0.0224. The van der Waals surface area contributed by atoms with E-state index in [-0.39, 0.29) is 6.29 Å². The van der Waals surface area contributed by atoms with Crippen molar-refractivity contribution in [1.29, 1.82) is 0 Å². The molecule has 0 radical (unpaired) electrons. The zero-order chi connectivity index (χ0) is 6.81. The molecule has 0 aromatic heterocycles. The quantitative estimate of drug-likeness (QED) is 0.568. The summed E-state index contributed by atoms with van der Waals surface area (Å²) in [6.07, 6.45) is 4.42. The molecule has 0 aromatic rings. The Morgan fingerprint density at radius 1 is 1.30 bits per heavy atom. The van der Waals surface area contributed by atoms with Gasteiger partial charge in [-0.15, -0.1) is 0 Å². The van der Waals surface area contributed by atoms with Gasteiger partial charge in [0.15, 0.2) is 0 Å². The zero-order valence-electron chi connectivity index (χ0n) is 5.36. The lowest BCUT2D eigenvalue weighted by atomic mass is 10.3.